The largest absolute Gasteiger partial charge is 0.457 e. The minimum absolute atomic E-state index is 0.278. The molecule has 0 aromatic heterocycles. The molecule has 1 heterocycles. The van der Waals surface area contributed by atoms with E-state index in [0.29, 0.717) is 11.5 Å². The topological polar surface area (TPSA) is 46.6 Å². The van der Waals surface area contributed by atoms with Crippen LogP contribution in [0.1, 0.15) is 17.2 Å². The van der Waals surface area contributed by atoms with E-state index in [0.717, 1.165) is 21.9 Å². The van der Waals surface area contributed by atoms with E-state index < -0.39 is 16.1 Å². The molecule has 0 saturated carbocycles. The van der Waals surface area contributed by atoms with Crippen LogP contribution in [0.5, 0.6) is 11.5 Å². The second-order valence-corrected chi connectivity index (χ2v) is 9.11. The molecule has 144 valence electrons. The maximum absolute atomic E-state index is 13.6. The Kier molecular flexibility index (Phi) is 4.15. The molecule has 0 spiro atoms. The quantitative estimate of drug-likeness (QED) is 0.465. The van der Waals surface area contributed by atoms with E-state index in [2.05, 4.69) is 0 Å². The molecule has 0 fully saturated rings. The summed E-state index contributed by atoms with van der Waals surface area (Å²) in [5.41, 5.74) is 1.66. The van der Waals surface area contributed by atoms with Gasteiger partial charge in [0.25, 0.3) is 0 Å². The average Bonchev–Trinajstić information content (AvgIpc) is 2.76. The summed E-state index contributed by atoms with van der Waals surface area (Å²) in [5.74, 6) is 1.36. The molecule has 1 aliphatic rings. The zero-order valence-corrected chi connectivity index (χ0v) is 16.6. The lowest BCUT2D eigenvalue weighted by Crippen LogP contribution is -2.33. The van der Waals surface area contributed by atoms with Crippen LogP contribution in [0.4, 0.5) is 0 Å². The Morgan fingerprint density at radius 2 is 1.28 bits per heavy atom. The van der Waals surface area contributed by atoms with Gasteiger partial charge in [0.1, 0.15) is 11.5 Å². The van der Waals surface area contributed by atoms with E-state index in [4.69, 9.17) is 4.74 Å². The fraction of sp³-hybridized carbons (Fsp3) is 0.0833. The summed E-state index contributed by atoms with van der Waals surface area (Å²) in [5, 5.41) is 1.91. The number of para-hydroxylation sites is 2. The molecule has 4 aromatic rings. The Balaban J connectivity index is 1.65. The van der Waals surface area contributed by atoms with Crippen molar-refractivity contribution in [3.8, 4) is 11.5 Å². The number of rotatable bonds is 3. The molecule has 4 nitrogen and oxygen atoms in total. The molecule has 0 amide bonds. The van der Waals surface area contributed by atoms with E-state index >= 15 is 0 Å². The third-order valence-corrected chi connectivity index (χ3v) is 7.23. The molecule has 0 radical (unpaired) electrons. The number of hydrogen-bond donors (Lipinski definition) is 0. The number of hydrogen-bond acceptors (Lipinski definition) is 3. The molecule has 29 heavy (non-hydrogen) atoms. The van der Waals surface area contributed by atoms with Crippen molar-refractivity contribution in [2.75, 3.05) is 7.05 Å². The molecule has 0 bridgehead atoms. The van der Waals surface area contributed by atoms with Gasteiger partial charge in [0.15, 0.2) is 0 Å². The molecule has 0 unspecified atom stereocenters. The van der Waals surface area contributed by atoms with Gasteiger partial charge in [-0.3, -0.25) is 0 Å². The lowest BCUT2D eigenvalue weighted by molar-refractivity contribution is 0.367. The standard InChI is InChI=1S/C24H19NO3S/c1-25(29(26,27)19-15-14-17-8-2-3-9-18(17)16-19)24-20-10-4-6-12-22(20)28-23-13-7-5-11-21(23)24/h2-16,24H,1H3. The van der Waals surface area contributed by atoms with Crippen molar-refractivity contribution in [3.63, 3.8) is 0 Å². The summed E-state index contributed by atoms with van der Waals surface area (Å²) in [6.45, 7) is 0. The van der Waals surface area contributed by atoms with Gasteiger partial charge in [-0.25, -0.2) is 8.42 Å². The van der Waals surface area contributed by atoms with Crippen LogP contribution >= 0.6 is 0 Å². The van der Waals surface area contributed by atoms with Crippen molar-refractivity contribution >= 4 is 20.8 Å². The minimum atomic E-state index is -3.74. The summed E-state index contributed by atoms with van der Waals surface area (Å²) in [6.07, 6.45) is 0. The molecule has 0 atom stereocenters. The number of nitrogens with zero attached hydrogens (tertiary/aromatic N) is 1. The molecule has 0 N–H and O–H groups in total. The number of benzene rings is 4. The van der Waals surface area contributed by atoms with Gasteiger partial charge >= 0.3 is 0 Å². The minimum Gasteiger partial charge on any atom is -0.457 e. The smallest absolute Gasteiger partial charge is 0.243 e. The number of ether oxygens (including phenoxy) is 1. The first-order valence-electron chi connectivity index (χ1n) is 9.38. The Morgan fingerprint density at radius 1 is 0.724 bits per heavy atom. The van der Waals surface area contributed by atoms with Crippen LogP contribution in [0.2, 0.25) is 0 Å². The predicted molar refractivity (Wildman–Crippen MR) is 114 cm³/mol. The molecule has 5 rings (SSSR count). The van der Waals surface area contributed by atoms with Crippen LogP contribution in [-0.4, -0.2) is 19.8 Å². The van der Waals surface area contributed by atoms with Crippen LogP contribution < -0.4 is 4.74 Å². The van der Waals surface area contributed by atoms with Gasteiger partial charge < -0.3 is 4.74 Å². The fourth-order valence-corrected chi connectivity index (χ4v) is 5.26. The lowest BCUT2D eigenvalue weighted by Gasteiger charge is -2.34. The van der Waals surface area contributed by atoms with Crippen molar-refractivity contribution in [2.24, 2.45) is 0 Å². The number of sulfonamides is 1. The van der Waals surface area contributed by atoms with Gasteiger partial charge in [-0.05, 0) is 35.0 Å². The molecular formula is C24H19NO3S. The van der Waals surface area contributed by atoms with E-state index in [9.17, 15) is 8.42 Å². The van der Waals surface area contributed by atoms with Crippen molar-refractivity contribution in [3.05, 3.63) is 102 Å². The van der Waals surface area contributed by atoms with Crippen molar-refractivity contribution in [1.82, 2.24) is 4.31 Å². The summed E-state index contributed by atoms with van der Waals surface area (Å²) in [6, 6.07) is 27.7. The summed E-state index contributed by atoms with van der Waals surface area (Å²) < 4.78 is 34.6. The first kappa shape index (κ1) is 17.9. The predicted octanol–water partition coefficient (Wildman–Crippen LogP) is 5.36. The Hall–Kier alpha value is -3.15. The number of fused-ring (bicyclic) bond motifs is 3. The lowest BCUT2D eigenvalue weighted by atomic mass is 9.95. The first-order valence-corrected chi connectivity index (χ1v) is 10.8. The van der Waals surface area contributed by atoms with Crippen LogP contribution in [-0.2, 0) is 10.0 Å². The van der Waals surface area contributed by atoms with Gasteiger partial charge in [0.2, 0.25) is 10.0 Å². The van der Waals surface area contributed by atoms with Gasteiger partial charge in [0.05, 0.1) is 10.9 Å². The monoisotopic (exact) mass is 401 g/mol. The highest BCUT2D eigenvalue weighted by Gasteiger charge is 2.36. The van der Waals surface area contributed by atoms with E-state index in [1.54, 1.807) is 19.2 Å². The summed E-state index contributed by atoms with van der Waals surface area (Å²) >= 11 is 0. The van der Waals surface area contributed by atoms with Gasteiger partial charge in [0, 0.05) is 18.2 Å². The summed E-state index contributed by atoms with van der Waals surface area (Å²) in [7, 11) is -2.10. The van der Waals surface area contributed by atoms with E-state index in [1.165, 1.54) is 4.31 Å². The molecular weight excluding hydrogens is 382 g/mol. The highest BCUT2D eigenvalue weighted by atomic mass is 32.2. The van der Waals surface area contributed by atoms with Gasteiger partial charge in [-0.1, -0.05) is 66.7 Å². The molecule has 0 aliphatic carbocycles. The van der Waals surface area contributed by atoms with Gasteiger partial charge in [-0.15, -0.1) is 0 Å². The average molecular weight is 401 g/mol. The maximum atomic E-state index is 13.6. The zero-order chi connectivity index (χ0) is 20.0. The van der Waals surface area contributed by atoms with Crippen molar-refractivity contribution < 1.29 is 13.2 Å². The van der Waals surface area contributed by atoms with Gasteiger partial charge in [-0.2, -0.15) is 4.31 Å². The Morgan fingerprint density at radius 3 is 1.93 bits per heavy atom. The third kappa shape index (κ3) is 2.90. The van der Waals surface area contributed by atoms with E-state index in [-0.39, 0.29) is 4.90 Å². The molecule has 1 aliphatic heterocycles. The van der Waals surface area contributed by atoms with Crippen LogP contribution in [0.15, 0.2) is 95.9 Å². The first-order chi connectivity index (χ1) is 14.1. The highest BCUT2D eigenvalue weighted by Crippen LogP contribution is 2.46. The molecule has 4 aromatic carbocycles. The molecule has 5 heteroatoms. The Labute approximate surface area is 170 Å². The summed E-state index contributed by atoms with van der Waals surface area (Å²) in [4.78, 5) is 0.278. The molecule has 0 saturated heterocycles. The van der Waals surface area contributed by atoms with Crippen molar-refractivity contribution in [1.29, 1.82) is 0 Å². The zero-order valence-electron chi connectivity index (χ0n) is 15.8. The highest BCUT2D eigenvalue weighted by molar-refractivity contribution is 7.89. The second kappa shape index (κ2) is 6.72. The van der Waals surface area contributed by atoms with Crippen molar-refractivity contribution in [2.45, 2.75) is 10.9 Å². The fourth-order valence-electron chi connectivity index (χ4n) is 3.91. The second-order valence-electron chi connectivity index (χ2n) is 7.11. The SMILES string of the molecule is CN(C1c2ccccc2Oc2ccccc21)S(=O)(=O)c1ccc2ccccc2c1. The van der Waals surface area contributed by atoms with E-state index in [1.807, 2.05) is 78.9 Å². The van der Waals surface area contributed by atoms with Crippen LogP contribution in [0.25, 0.3) is 10.8 Å². The third-order valence-electron chi connectivity index (χ3n) is 5.41. The Bertz CT molecular complexity index is 1290. The van der Waals surface area contributed by atoms with Crippen LogP contribution in [0, 0.1) is 0 Å². The maximum Gasteiger partial charge on any atom is 0.243 e. The normalized spacial score (nSPS) is 13.7. The van der Waals surface area contributed by atoms with Crippen LogP contribution in [0.3, 0.4) is 0 Å².